The van der Waals surface area contributed by atoms with E-state index in [1.807, 2.05) is 11.3 Å². The fraction of sp³-hybridized carbons (Fsp3) is 0.786. The third-order valence-corrected chi connectivity index (χ3v) is 4.89. The lowest BCUT2D eigenvalue weighted by Gasteiger charge is -2.35. The first kappa shape index (κ1) is 13.0. The lowest BCUT2D eigenvalue weighted by atomic mass is 9.75. The summed E-state index contributed by atoms with van der Waals surface area (Å²) in [7, 11) is 0. The van der Waals surface area contributed by atoms with Crippen LogP contribution in [0.3, 0.4) is 0 Å². The Morgan fingerprint density at radius 1 is 1.41 bits per heavy atom. The minimum absolute atomic E-state index is 0.518. The highest BCUT2D eigenvalue weighted by atomic mass is 32.1. The van der Waals surface area contributed by atoms with Crippen molar-refractivity contribution in [1.82, 2.24) is 10.3 Å². The van der Waals surface area contributed by atoms with Crippen molar-refractivity contribution in [3.05, 3.63) is 15.6 Å². The van der Waals surface area contributed by atoms with Crippen molar-refractivity contribution in [2.75, 3.05) is 0 Å². The van der Waals surface area contributed by atoms with Gasteiger partial charge in [-0.2, -0.15) is 0 Å². The third-order valence-electron chi connectivity index (χ3n) is 3.82. The molecule has 96 valence electrons. The van der Waals surface area contributed by atoms with Gasteiger partial charge in [-0.1, -0.05) is 20.3 Å². The molecule has 0 saturated heterocycles. The molecule has 0 radical (unpaired) electrons. The number of aromatic nitrogens is 1. The number of rotatable bonds is 3. The van der Waals surface area contributed by atoms with Gasteiger partial charge in [-0.05, 0) is 38.5 Å². The van der Waals surface area contributed by atoms with Gasteiger partial charge < -0.3 is 5.32 Å². The molecule has 1 aliphatic rings. The molecule has 2 rings (SSSR count). The molecule has 0 spiro atoms. The van der Waals surface area contributed by atoms with Gasteiger partial charge in [0.25, 0.3) is 0 Å². The van der Waals surface area contributed by atoms with Gasteiger partial charge in [-0.3, -0.25) is 0 Å². The fourth-order valence-electron chi connectivity index (χ4n) is 2.72. The maximum absolute atomic E-state index is 4.59. The van der Waals surface area contributed by atoms with Crippen LogP contribution in [0.5, 0.6) is 0 Å². The van der Waals surface area contributed by atoms with Gasteiger partial charge in [0.15, 0.2) is 0 Å². The first-order valence-corrected chi connectivity index (χ1v) is 7.44. The Morgan fingerprint density at radius 2 is 2.18 bits per heavy atom. The number of nitrogens with zero attached hydrogens (tertiary/aromatic N) is 1. The molecule has 17 heavy (non-hydrogen) atoms. The summed E-state index contributed by atoms with van der Waals surface area (Å²) >= 11 is 1.83. The highest BCUT2D eigenvalue weighted by Crippen LogP contribution is 2.35. The average Bonchev–Trinajstić information content (AvgIpc) is 2.54. The zero-order valence-electron chi connectivity index (χ0n) is 11.5. The maximum atomic E-state index is 4.59. The van der Waals surface area contributed by atoms with Gasteiger partial charge in [-0.25, -0.2) is 4.98 Å². The number of aryl methyl sites for hydroxylation is 2. The van der Waals surface area contributed by atoms with Gasteiger partial charge >= 0.3 is 0 Å². The molecule has 0 amide bonds. The molecule has 0 aromatic carbocycles. The Hall–Kier alpha value is -0.410. The van der Waals surface area contributed by atoms with Crippen LogP contribution in [0.25, 0.3) is 0 Å². The van der Waals surface area contributed by atoms with E-state index in [0.717, 1.165) is 6.54 Å². The highest BCUT2D eigenvalue weighted by molar-refractivity contribution is 7.11. The van der Waals surface area contributed by atoms with Gasteiger partial charge in [0.2, 0.25) is 0 Å². The van der Waals surface area contributed by atoms with Crippen LogP contribution in [0.2, 0.25) is 0 Å². The van der Waals surface area contributed by atoms with Crippen molar-refractivity contribution in [2.45, 2.75) is 66.0 Å². The Kier molecular flexibility index (Phi) is 3.88. The molecule has 0 aliphatic heterocycles. The first-order valence-electron chi connectivity index (χ1n) is 6.62. The molecule has 2 nitrogen and oxygen atoms in total. The summed E-state index contributed by atoms with van der Waals surface area (Å²) in [5.41, 5.74) is 1.71. The molecule has 1 unspecified atom stereocenters. The topological polar surface area (TPSA) is 24.9 Å². The van der Waals surface area contributed by atoms with Gasteiger partial charge in [0.1, 0.15) is 5.01 Å². The smallest absolute Gasteiger partial charge is 0.107 e. The van der Waals surface area contributed by atoms with Crippen molar-refractivity contribution >= 4 is 11.3 Å². The van der Waals surface area contributed by atoms with E-state index in [0.29, 0.717) is 11.5 Å². The Bertz CT molecular complexity index is 362. The fourth-order valence-corrected chi connectivity index (χ4v) is 3.60. The summed E-state index contributed by atoms with van der Waals surface area (Å²) in [6, 6.07) is 0.684. The lowest BCUT2D eigenvalue weighted by Crippen LogP contribution is -2.36. The minimum atomic E-state index is 0.518. The standard InChI is InChI=1S/C14H24N2S/c1-10-11(2)17-13(16-10)9-15-12-6-5-7-14(3,4)8-12/h12,15H,5-9H2,1-4H3. The Balaban J connectivity index is 1.86. The van der Waals surface area contributed by atoms with E-state index < -0.39 is 0 Å². The number of nitrogens with one attached hydrogen (secondary N) is 1. The second kappa shape index (κ2) is 5.07. The number of hydrogen-bond donors (Lipinski definition) is 1. The molecule has 1 N–H and O–H groups in total. The lowest BCUT2D eigenvalue weighted by molar-refractivity contribution is 0.197. The molecule has 0 bridgehead atoms. The van der Waals surface area contributed by atoms with Crippen LogP contribution in [0, 0.1) is 19.3 Å². The quantitative estimate of drug-likeness (QED) is 0.884. The molecule has 1 aliphatic carbocycles. The van der Waals surface area contributed by atoms with E-state index in [4.69, 9.17) is 0 Å². The van der Waals surface area contributed by atoms with Crippen LogP contribution in [-0.2, 0) is 6.54 Å². The predicted octanol–water partition coefficient (Wildman–Crippen LogP) is 3.82. The maximum Gasteiger partial charge on any atom is 0.107 e. The van der Waals surface area contributed by atoms with Crippen LogP contribution in [0.4, 0.5) is 0 Å². The highest BCUT2D eigenvalue weighted by Gasteiger charge is 2.27. The van der Waals surface area contributed by atoms with Crippen LogP contribution < -0.4 is 5.32 Å². The van der Waals surface area contributed by atoms with Crippen molar-refractivity contribution in [3.8, 4) is 0 Å². The van der Waals surface area contributed by atoms with E-state index in [2.05, 4.69) is 38.0 Å². The molecular weight excluding hydrogens is 228 g/mol. The van der Waals surface area contributed by atoms with E-state index in [-0.39, 0.29) is 0 Å². The SMILES string of the molecule is Cc1nc(CNC2CCCC(C)(C)C2)sc1C. The molecule has 1 fully saturated rings. The second-order valence-corrected chi connectivity index (χ2v) is 7.38. The zero-order chi connectivity index (χ0) is 12.5. The van der Waals surface area contributed by atoms with Crippen molar-refractivity contribution in [2.24, 2.45) is 5.41 Å². The predicted molar refractivity (Wildman–Crippen MR) is 74.5 cm³/mol. The summed E-state index contributed by atoms with van der Waals surface area (Å²) in [4.78, 5) is 5.94. The van der Waals surface area contributed by atoms with E-state index in [9.17, 15) is 0 Å². The Morgan fingerprint density at radius 3 is 2.76 bits per heavy atom. The van der Waals surface area contributed by atoms with E-state index >= 15 is 0 Å². The van der Waals surface area contributed by atoms with Crippen molar-refractivity contribution in [3.63, 3.8) is 0 Å². The normalized spacial score (nSPS) is 23.9. The van der Waals surface area contributed by atoms with Gasteiger partial charge in [-0.15, -0.1) is 11.3 Å². The minimum Gasteiger partial charge on any atom is -0.308 e. The van der Waals surface area contributed by atoms with Gasteiger partial charge in [0, 0.05) is 17.5 Å². The third kappa shape index (κ3) is 3.52. The summed E-state index contributed by atoms with van der Waals surface area (Å²) in [5, 5.41) is 4.92. The van der Waals surface area contributed by atoms with Gasteiger partial charge in [0.05, 0.1) is 5.69 Å². The van der Waals surface area contributed by atoms with Crippen LogP contribution >= 0.6 is 11.3 Å². The molecule has 1 aromatic heterocycles. The first-order chi connectivity index (χ1) is 7.96. The summed E-state index contributed by atoms with van der Waals surface area (Å²) in [5.74, 6) is 0. The monoisotopic (exact) mass is 252 g/mol. The van der Waals surface area contributed by atoms with Crippen LogP contribution in [0.15, 0.2) is 0 Å². The zero-order valence-corrected chi connectivity index (χ0v) is 12.3. The van der Waals surface area contributed by atoms with E-state index in [1.54, 1.807) is 0 Å². The van der Waals surface area contributed by atoms with Crippen LogP contribution in [-0.4, -0.2) is 11.0 Å². The second-order valence-electron chi connectivity index (χ2n) is 6.09. The van der Waals surface area contributed by atoms with Crippen molar-refractivity contribution < 1.29 is 0 Å². The summed E-state index contributed by atoms with van der Waals surface area (Å²) in [6.45, 7) is 9.97. The molecule has 1 saturated carbocycles. The Labute approximate surface area is 109 Å². The number of hydrogen-bond acceptors (Lipinski definition) is 3. The van der Waals surface area contributed by atoms with E-state index in [1.165, 1.54) is 41.3 Å². The summed E-state index contributed by atoms with van der Waals surface area (Å²) < 4.78 is 0. The molecule has 3 heteroatoms. The largest absolute Gasteiger partial charge is 0.308 e. The molecule has 1 heterocycles. The summed E-state index contributed by atoms with van der Waals surface area (Å²) in [6.07, 6.45) is 5.37. The average molecular weight is 252 g/mol. The van der Waals surface area contributed by atoms with Crippen molar-refractivity contribution in [1.29, 1.82) is 0 Å². The van der Waals surface area contributed by atoms with Crippen LogP contribution in [0.1, 0.15) is 55.1 Å². The molecular formula is C14H24N2S. The number of thiazole rings is 1. The molecule has 1 aromatic rings. The molecule has 1 atom stereocenters.